The Hall–Kier alpha value is -1.00. The molecule has 0 bridgehead atoms. The van der Waals surface area contributed by atoms with Crippen molar-refractivity contribution in [2.75, 3.05) is 0 Å². The Kier molecular flexibility index (Phi) is 3.21. The maximum absolute atomic E-state index is 5.20. The number of aryl methyl sites for hydroxylation is 1. The predicted molar refractivity (Wildman–Crippen MR) is 71.6 cm³/mol. The Morgan fingerprint density at radius 1 is 1.44 bits per heavy atom. The number of rotatable bonds is 2. The van der Waals surface area contributed by atoms with E-state index in [0.29, 0.717) is 10.6 Å². The lowest BCUT2D eigenvalue weighted by Gasteiger charge is -2.07. The lowest BCUT2D eigenvalue weighted by molar-refractivity contribution is 0.773. The molecule has 0 saturated carbocycles. The van der Waals surface area contributed by atoms with Crippen LogP contribution in [0, 0.1) is 11.6 Å². The Morgan fingerprint density at radius 2 is 2.19 bits per heavy atom. The van der Waals surface area contributed by atoms with Gasteiger partial charge in [0.05, 0.1) is 10.6 Å². The first-order valence-electron chi connectivity index (χ1n) is 5.23. The molecule has 2 aromatic rings. The standard InChI is InChI=1S/C12H14N2S2/c1-7(2)12-13-9(6-10(15)14-12)11-8(3)4-5-16-11/h4-7H,1-3H3,(H,13,14,15). The molecular weight excluding hydrogens is 236 g/mol. The van der Waals surface area contributed by atoms with E-state index < -0.39 is 0 Å². The van der Waals surface area contributed by atoms with Gasteiger partial charge in [-0.05, 0) is 30.0 Å². The quantitative estimate of drug-likeness (QED) is 0.805. The van der Waals surface area contributed by atoms with Crippen LogP contribution in [0.4, 0.5) is 0 Å². The summed E-state index contributed by atoms with van der Waals surface area (Å²) >= 11 is 6.92. The van der Waals surface area contributed by atoms with Gasteiger partial charge in [0.2, 0.25) is 0 Å². The van der Waals surface area contributed by atoms with Crippen LogP contribution in [0.1, 0.15) is 31.2 Å². The molecule has 0 aromatic carbocycles. The molecule has 4 heteroatoms. The Balaban J connectivity index is 2.58. The van der Waals surface area contributed by atoms with E-state index in [2.05, 4.69) is 42.2 Å². The van der Waals surface area contributed by atoms with Gasteiger partial charge < -0.3 is 4.98 Å². The van der Waals surface area contributed by atoms with Gasteiger partial charge in [-0.15, -0.1) is 11.3 Å². The van der Waals surface area contributed by atoms with E-state index in [1.807, 2.05) is 6.07 Å². The summed E-state index contributed by atoms with van der Waals surface area (Å²) in [5.74, 6) is 1.32. The minimum Gasteiger partial charge on any atom is -0.342 e. The molecule has 0 radical (unpaired) electrons. The van der Waals surface area contributed by atoms with Gasteiger partial charge in [-0.2, -0.15) is 0 Å². The van der Waals surface area contributed by atoms with Gasteiger partial charge in [0.1, 0.15) is 10.5 Å². The summed E-state index contributed by atoms with van der Waals surface area (Å²) < 4.78 is 0.658. The molecule has 0 aliphatic rings. The van der Waals surface area contributed by atoms with E-state index in [-0.39, 0.29) is 0 Å². The van der Waals surface area contributed by atoms with Crippen LogP contribution in [-0.4, -0.2) is 9.97 Å². The second kappa shape index (κ2) is 4.47. The van der Waals surface area contributed by atoms with Crippen LogP contribution in [0.2, 0.25) is 0 Å². The highest BCUT2D eigenvalue weighted by Gasteiger charge is 2.07. The summed E-state index contributed by atoms with van der Waals surface area (Å²) in [4.78, 5) is 8.94. The highest BCUT2D eigenvalue weighted by Crippen LogP contribution is 2.28. The summed E-state index contributed by atoms with van der Waals surface area (Å²) in [5.41, 5.74) is 2.35. The molecule has 0 atom stereocenters. The van der Waals surface area contributed by atoms with Crippen LogP contribution in [-0.2, 0) is 0 Å². The van der Waals surface area contributed by atoms with Gasteiger partial charge in [0.25, 0.3) is 0 Å². The van der Waals surface area contributed by atoms with Gasteiger partial charge in [0, 0.05) is 5.92 Å². The van der Waals surface area contributed by atoms with Crippen molar-refractivity contribution in [1.29, 1.82) is 0 Å². The maximum atomic E-state index is 5.20. The van der Waals surface area contributed by atoms with Crippen molar-refractivity contribution < 1.29 is 0 Å². The normalized spacial score (nSPS) is 11.0. The van der Waals surface area contributed by atoms with Gasteiger partial charge in [-0.3, -0.25) is 0 Å². The number of nitrogens with zero attached hydrogens (tertiary/aromatic N) is 1. The number of hydrogen-bond acceptors (Lipinski definition) is 3. The molecule has 2 rings (SSSR count). The first-order valence-corrected chi connectivity index (χ1v) is 6.52. The minimum absolute atomic E-state index is 0.363. The lowest BCUT2D eigenvalue weighted by Crippen LogP contribution is -1.98. The minimum atomic E-state index is 0.363. The summed E-state index contributed by atoms with van der Waals surface area (Å²) in [6, 6.07) is 4.05. The molecule has 2 nitrogen and oxygen atoms in total. The Labute approximate surface area is 104 Å². The fourth-order valence-electron chi connectivity index (χ4n) is 1.52. The molecule has 16 heavy (non-hydrogen) atoms. The van der Waals surface area contributed by atoms with Gasteiger partial charge >= 0.3 is 0 Å². The predicted octanol–water partition coefficient (Wildman–Crippen LogP) is 4.30. The van der Waals surface area contributed by atoms with E-state index in [4.69, 9.17) is 12.2 Å². The highest BCUT2D eigenvalue weighted by molar-refractivity contribution is 7.71. The van der Waals surface area contributed by atoms with Crippen molar-refractivity contribution in [2.45, 2.75) is 26.7 Å². The van der Waals surface area contributed by atoms with Crippen LogP contribution >= 0.6 is 23.6 Å². The first-order chi connectivity index (χ1) is 7.58. The average Bonchev–Trinajstić information content (AvgIpc) is 2.63. The van der Waals surface area contributed by atoms with Crippen molar-refractivity contribution in [3.63, 3.8) is 0 Å². The number of nitrogens with one attached hydrogen (secondary N) is 1. The zero-order valence-electron chi connectivity index (χ0n) is 9.57. The second-order valence-corrected chi connectivity index (χ2v) is 5.44. The van der Waals surface area contributed by atoms with Crippen molar-refractivity contribution >= 4 is 23.6 Å². The van der Waals surface area contributed by atoms with Crippen molar-refractivity contribution in [3.8, 4) is 10.6 Å². The molecule has 84 valence electrons. The smallest absolute Gasteiger partial charge is 0.130 e. The van der Waals surface area contributed by atoms with E-state index in [1.54, 1.807) is 11.3 Å². The zero-order valence-corrected chi connectivity index (χ0v) is 11.2. The van der Waals surface area contributed by atoms with Crippen LogP contribution in [0.5, 0.6) is 0 Å². The zero-order chi connectivity index (χ0) is 11.7. The van der Waals surface area contributed by atoms with Crippen molar-refractivity contribution in [2.24, 2.45) is 0 Å². The van der Waals surface area contributed by atoms with E-state index >= 15 is 0 Å². The third kappa shape index (κ3) is 2.23. The molecule has 2 aromatic heterocycles. The second-order valence-electron chi connectivity index (χ2n) is 4.11. The molecule has 0 spiro atoms. The molecule has 0 amide bonds. The largest absolute Gasteiger partial charge is 0.342 e. The van der Waals surface area contributed by atoms with Gasteiger partial charge in [-0.1, -0.05) is 26.1 Å². The SMILES string of the molecule is Cc1ccsc1-c1cc(=S)nc(C(C)C)[nH]1. The summed E-state index contributed by atoms with van der Waals surface area (Å²) in [5, 5.41) is 2.09. The van der Waals surface area contributed by atoms with Crippen LogP contribution in [0.3, 0.4) is 0 Å². The molecule has 0 aliphatic heterocycles. The fraction of sp³-hybridized carbons (Fsp3) is 0.333. The van der Waals surface area contributed by atoms with E-state index in [1.165, 1.54) is 10.4 Å². The van der Waals surface area contributed by atoms with Gasteiger partial charge in [-0.25, -0.2) is 4.98 Å². The number of H-pyrrole nitrogens is 1. The maximum Gasteiger partial charge on any atom is 0.130 e. The van der Waals surface area contributed by atoms with Crippen LogP contribution in [0.15, 0.2) is 17.5 Å². The molecule has 1 N–H and O–H groups in total. The number of aromatic nitrogens is 2. The molecular formula is C12H14N2S2. The van der Waals surface area contributed by atoms with E-state index in [0.717, 1.165) is 11.5 Å². The fourth-order valence-corrected chi connectivity index (χ4v) is 2.64. The molecule has 0 aliphatic carbocycles. The molecule has 0 unspecified atom stereocenters. The topological polar surface area (TPSA) is 28.7 Å². The van der Waals surface area contributed by atoms with Crippen molar-refractivity contribution in [3.05, 3.63) is 33.5 Å². The third-order valence-corrected chi connectivity index (χ3v) is 3.67. The number of aromatic amines is 1. The molecule has 2 heterocycles. The van der Waals surface area contributed by atoms with Crippen LogP contribution in [0.25, 0.3) is 10.6 Å². The Bertz CT molecular complexity index is 552. The summed E-state index contributed by atoms with van der Waals surface area (Å²) in [6.07, 6.45) is 0. The summed E-state index contributed by atoms with van der Waals surface area (Å²) in [7, 11) is 0. The highest BCUT2D eigenvalue weighted by atomic mass is 32.1. The number of thiophene rings is 1. The monoisotopic (exact) mass is 250 g/mol. The third-order valence-electron chi connectivity index (χ3n) is 2.41. The molecule has 0 saturated heterocycles. The van der Waals surface area contributed by atoms with Crippen LogP contribution < -0.4 is 0 Å². The lowest BCUT2D eigenvalue weighted by atomic mass is 10.2. The van der Waals surface area contributed by atoms with Gasteiger partial charge in [0.15, 0.2) is 0 Å². The Morgan fingerprint density at radius 3 is 2.75 bits per heavy atom. The van der Waals surface area contributed by atoms with Crippen molar-refractivity contribution in [1.82, 2.24) is 9.97 Å². The number of hydrogen-bond donors (Lipinski definition) is 1. The molecule has 0 fully saturated rings. The average molecular weight is 250 g/mol. The first kappa shape index (κ1) is 11.5. The van der Waals surface area contributed by atoms with E-state index in [9.17, 15) is 0 Å². The summed E-state index contributed by atoms with van der Waals surface area (Å²) in [6.45, 7) is 6.33.